The summed E-state index contributed by atoms with van der Waals surface area (Å²) < 4.78 is 27.8. The number of anilines is 1. The van der Waals surface area contributed by atoms with Crippen molar-refractivity contribution in [3.8, 4) is 0 Å². The van der Waals surface area contributed by atoms with Crippen molar-refractivity contribution in [3.05, 3.63) is 59.7 Å². The third-order valence-corrected chi connectivity index (χ3v) is 6.95. The summed E-state index contributed by atoms with van der Waals surface area (Å²) in [5, 5.41) is 0. The molecule has 0 aromatic heterocycles. The van der Waals surface area contributed by atoms with Gasteiger partial charge >= 0.3 is 0 Å². The SMILES string of the molecule is CCN(Cc1ccccc1)S(=O)(=O)c1ccc2c(c1)C(C)(C)C(=O)N2C. The Kier molecular flexibility index (Phi) is 4.67. The molecule has 2 aromatic rings. The van der Waals surface area contributed by atoms with Crippen molar-refractivity contribution < 1.29 is 13.2 Å². The zero-order chi connectivity index (χ0) is 19.1. The van der Waals surface area contributed by atoms with Crippen molar-refractivity contribution in [3.63, 3.8) is 0 Å². The van der Waals surface area contributed by atoms with Crippen molar-refractivity contribution in [1.82, 2.24) is 4.31 Å². The lowest BCUT2D eigenvalue weighted by molar-refractivity contribution is -0.121. The highest BCUT2D eigenvalue weighted by Gasteiger charge is 2.43. The predicted molar refractivity (Wildman–Crippen MR) is 103 cm³/mol. The topological polar surface area (TPSA) is 57.7 Å². The van der Waals surface area contributed by atoms with Crippen LogP contribution in [0.25, 0.3) is 0 Å². The minimum absolute atomic E-state index is 0.0290. The highest BCUT2D eigenvalue weighted by molar-refractivity contribution is 7.89. The van der Waals surface area contributed by atoms with Crippen LogP contribution in [-0.2, 0) is 26.8 Å². The molecule has 1 aliphatic rings. The zero-order valence-corrected chi connectivity index (χ0v) is 16.4. The fourth-order valence-corrected chi connectivity index (χ4v) is 4.88. The van der Waals surface area contributed by atoms with Gasteiger partial charge < -0.3 is 4.90 Å². The number of nitrogens with zero attached hydrogens (tertiary/aromatic N) is 2. The fourth-order valence-electron chi connectivity index (χ4n) is 3.42. The van der Waals surface area contributed by atoms with Crippen molar-refractivity contribution in [1.29, 1.82) is 0 Å². The fraction of sp³-hybridized carbons (Fsp3) is 0.350. The van der Waals surface area contributed by atoms with E-state index in [-0.39, 0.29) is 10.8 Å². The number of benzene rings is 2. The number of likely N-dealkylation sites (N-methyl/N-ethyl adjacent to an activating group) is 1. The summed E-state index contributed by atoms with van der Waals surface area (Å²) in [6, 6.07) is 14.5. The summed E-state index contributed by atoms with van der Waals surface area (Å²) in [5.41, 5.74) is 1.73. The van der Waals surface area contributed by atoms with Crippen molar-refractivity contribution in [2.75, 3.05) is 18.5 Å². The molecule has 0 atom stereocenters. The molecular formula is C20H24N2O3S. The highest BCUT2D eigenvalue weighted by atomic mass is 32.2. The minimum atomic E-state index is -3.65. The molecule has 0 saturated carbocycles. The summed E-state index contributed by atoms with van der Waals surface area (Å²) in [5.74, 6) is -0.0290. The van der Waals surface area contributed by atoms with Crippen LogP contribution >= 0.6 is 0 Å². The van der Waals surface area contributed by atoms with Gasteiger partial charge in [0, 0.05) is 25.8 Å². The van der Waals surface area contributed by atoms with Gasteiger partial charge in [-0.25, -0.2) is 8.42 Å². The molecule has 0 saturated heterocycles. The van der Waals surface area contributed by atoms with Crippen LogP contribution in [0.3, 0.4) is 0 Å². The standard InChI is InChI=1S/C20H24N2O3S/c1-5-22(14-15-9-7-6-8-10-15)26(24,25)16-11-12-18-17(13-16)20(2,3)19(23)21(18)4/h6-13H,5,14H2,1-4H3. The molecule has 26 heavy (non-hydrogen) atoms. The molecule has 1 amide bonds. The first-order chi connectivity index (χ1) is 12.2. The number of hydrogen-bond donors (Lipinski definition) is 0. The first kappa shape index (κ1) is 18.6. The average Bonchev–Trinajstić information content (AvgIpc) is 2.80. The second kappa shape index (κ2) is 6.52. The zero-order valence-electron chi connectivity index (χ0n) is 15.6. The molecule has 6 heteroatoms. The van der Waals surface area contributed by atoms with Gasteiger partial charge in [0.25, 0.3) is 0 Å². The van der Waals surface area contributed by atoms with E-state index in [1.54, 1.807) is 30.1 Å². The quantitative estimate of drug-likeness (QED) is 0.810. The molecule has 0 radical (unpaired) electrons. The summed E-state index contributed by atoms with van der Waals surface area (Å²) in [6.07, 6.45) is 0. The molecule has 3 rings (SSSR count). The van der Waals surface area contributed by atoms with E-state index in [0.29, 0.717) is 13.1 Å². The third-order valence-electron chi connectivity index (χ3n) is 5.03. The Balaban J connectivity index is 2.00. The Morgan fingerprint density at radius 2 is 1.73 bits per heavy atom. The molecule has 0 unspecified atom stereocenters. The minimum Gasteiger partial charge on any atom is -0.314 e. The molecule has 5 nitrogen and oxygen atoms in total. The predicted octanol–water partition coefficient (Wildman–Crippen LogP) is 3.15. The first-order valence-electron chi connectivity index (χ1n) is 8.66. The van der Waals surface area contributed by atoms with E-state index in [2.05, 4.69) is 0 Å². The van der Waals surface area contributed by atoms with Crippen LogP contribution in [0.15, 0.2) is 53.4 Å². The van der Waals surface area contributed by atoms with Crippen molar-refractivity contribution in [2.24, 2.45) is 0 Å². The maximum Gasteiger partial charge on any atom is 0.243 e. The van der Waals surface area contributed by atoms with E-state index in [0.717, 1.165) is 16.8 Å². The molecular weight excluding hydrogens is 348 g/mol. The van der Waals surface area contributed by atoms with Crippen LogP contribution in [0.1, 0.15) is 31.9 Å². The largest absolute Gasteiger partial charge is 0.314 e. The van der Waals surface area contributed by atoms with Crippen LogP contribution in [0, 0.1) is 0 Å². The van der Waals surface area contributed by atoms with Crippen LogP contribution in [0.2, 0.25) is 0 Å². The van der Waals surface area contributed by atoms with Gasteiger partial charge in [-0.2, -0.15) is 4.31 Å². The van der Waals surface area contributed by atoms with E-state index in [1.807, 2.05) is 51.1 Å². The monoisotopic (exact) mass is 372 g/mol. The molecule has 0 N–H and O–H groups in total. The van der Waals surface area contributed by atoms with Gasteiger partial charge in [-0.1, -0.05) is 37.3 Å². The number of fused-ring (bicyclic) bond motifs is 1. The number of sulfonamides is 1. The van der Waals surface area contributed by atoms with E-state index in [1.165, 1.54) is 4.31 Å². The third kappa shape index (κ3) is 2.93. The van der Waals surface area contributed by atoms with Crippen LogP contribution in [0.5, 0.6) is 0 Å². The number of rotatable bonds is 5. The van der Waals surface area contributed by atoms with Gasteiger partial charge in [-0.3, -0.25) is 4.79 Å². The Hall–Kier alpha value is -2.18. The second-order valence-electron chi connectivity index (χ2n) is 7.08. The average molecular weight is 372 g/mol. The lowest BCUT2D eigenvalue weighted by Crippen LogP contribution is -2.33. The van der Waals surface area contributed by atoms with Gasteiger partial charge in [0.1, 0.15) is 0 Å². The normalized spacial score (nSPS) is 16.2. The Morgan fingerprint density at radius 1 is 1.08 bits per heavy atom. The summed E-state index contributed by atoms with van der Waals surface area (Å²) in [7, 11) is -1.93. The van der Waals surface area contributed by atoms with Crippen molar-refractivity contribution >= 4 is 21.6 Å². The Labute approximate surface area is 155 Å². The molecule has 138 valence electrons. The Morgan fingerprint density at radius 3 is 2.35 bits per heavy atom. The number of carbonyl (C=O) groups is 1. The first-order valence-corrected chi connectivity index (χ1v) is 10.1. The van der Waals surface area contributed by atoms with Crippen LogP contribution < -0.4 is 4.90 Å². The molecule has 0 spiro atoms. The lowest BCUT2D eigenvalue weighted by atomic mass is 9.86. The lowest BCUT2D eigenvalue weighted by Gasteiger charge is -2.22. The maximum atomic E-state index is 13.2. The van der Waals surface area contributed by atoms with Crippen LogP contribution in [0.4, 0.5) is 5.69 Å². The Bertz CT molecular complexity index is 937. The smallest absolute Gasteiger partial charge is 0.243 e. The molecule has 0 fully saturated rings. The van der Waals surface area contributed by atoms with E-state index < -0.39 is 15.4 Å². The summed E-state index contributed by atoms with van der Waals surface area (Å²) in [4.78, 5) is 14.3. The van der Waals surface area contributed by atoms with Crippen molar-refractivity contribution in [2.45, 2.75) is 37.6 Å². The summed E-state index contributed by atoms with van der Waals surface area (Å²) >= 11 is 0. The molecule has 0 bridgehead atoms. The summed E-state index contributed by atoms with van der Waals surface area (Å²) in [6.45, 7) is 6.18. The van der Waals surface area contributed by atoms with Gasteiger partial charge in [-0.15, -0.1) is 0 Å². The number of carbonyl (C=O) groups excluding carboxylic acids is 1. The highest BCUT2D eigenvalue weighted by Crippen LogP contribution is 2.42. The van der Waals surface area contributed by atoms with Gasteiger partial charge in [-0.05, 0) is 43.2 Å². The molecule has 1 aliphatic heterocycles. The number of amides is 1. The molecule has 2 aromatic carbocycles. The van der Waals surface area contributed by atoms with Gasteiger partial charge in [0.15, 0.2) is 0 Å². The molecule has 0 aliphatic carbocycles. The number of hydrogen-bond acceptors (Lipinski definition) is 3. The van der Waals surface area contributed by atoms with Gasteiger partial charge in [0.05, 0.1) is 10.3 Å². The van der Waals surface area contributed by atoms with Crippen LogP contribution in [-0.4, -0.2) is 32.2 Å². The maximum absolute atomic E-state index is 13.2. The van der Waals surface area contributed by atoms with E-state index in [4.69, 9.17) is 0 Å². The van der Waals surface area contributed by atoms with E-state index >= 15 is 0 Å². The second-order valence-corrected chi connectivity index (χ2v) is 9.02. The molecule has 1 heterocycles. The van der Waals surface area contributed by atoms with E-state index in [9.17, 15) is 13.2 Å². The van der Waals surface area contributed by atoms with Gasteiger partial charge in [0.2, 0.25) is 15.9 Å².